The number of nitro benzene ring substituents is 1. The number of nitro groups is 1. The standard InChI is InChI=1S/C12H15ClFN3O2/c1-8-11(13)10(17(18)19)7-9(14)12(8)16-5-3-15(2)4-6-16/h7H,3-6H2,1-2H3. The van der Waals surface area contributed by atoms with Gasteiger partial charge >= 0.3 is 0 Å². The van der Waals surface area contributed by atoms with Crippen molar-refractivity contribution in [1.29, 1.82) is 0 Å². The van der Waals surface area contributed by atoms with Crippen molar-refractivity contribution in [2.75, 3.05) is 38.1 Å². The van der Waals surface area contributed by atoms with Crippen LogP contribution in [0.5, 0.6) is 0 Å². The van der Waals surface area contributed by atoms with Crippen LogP contribution in [0.1, 0.15) is 5.56 Å². The largest absolute Gasteiger partial charge is 0.366 e. The number of anilines is 1. The fourth-order valence-electron chi connectivity index (χ4n) is 2.28. The lowest BCUT2D eigenvalue weighted by molar-refractivity contribution is -0.384. The first kappa shape index (κ1) is 14.0. The van der Waals surface area contributed by atoms with E-state index in [1.54, 1.807) is 6.92 Å². The molecule has 5 nitrogen and oxygen atoms in total. The van der Waals surface area contributed by atoms with E-state index < -0.39 is 10.7 Å². The molecule has 104 valence electrons. The van der Waals surface area contributed by atoms with Crippen LogP contribution in [0.15, 0.2) is 6.07 Å². The summed E-state index contributed by atoms with van der Waals surface area (Å²) in [6.45, 7) is 4.64. The van der Waals surface area contributed by atoms with E-state index in [2.05, 4.69) is 4.90 Å². The molecule has 1 aromatic rings. The zero-order valence-corrected chi connectivity index (χ0v) is 11.6. The van der Waals surface area contributed by atoms with E-state index in [1.807, 2.05) is 11.9 Å². The van der Waals surface area contributed by atoms with Gasteiger partial charge in [-0.15, -0.1) is 0 Å². The van der Waals surface area contributed by atoms with Crippen molar-refractivity contribution >= 4 is 23.0 Å². The number of nitrogens with zero attached hydrogens (tertiary/aromatic N) is 3. The predicted molar refractivity (Wildman–Crippen MR) is 72.5 cm³/mol. The number of likely N-dealkylation sites (N-methyl/N-ethyl adjacent to an activating group) is 1. The van der Waals surface area contributed by atoms with Gasteiger partial charge in [-0.2, -0.15) is 0 Å². The fraction of sp³-hybridized carbons (Fsp3) is 0.500. The van der Waals surface area contributed by atoms with Crippen molar-refractivity contribution in [1.82, 2.24) is 4.90 Å². The number of benzene rings is 1. The second kappa shape index (κ2) is 5.30. The van der Waals surface area contributed by atoms with Gasteiger partial charge in [0.2, 0.25) is 0 Å². The molecule has 0 spiro atoms. The van der Waals surface area contributed by atoms with Crippen molar-refractivity contribution < 1.29 is 9.31 Å². The molecule has 1 aromatic carbocycles. The second-order valence-electron chi connectivity index (χ2n) is 4.71. The van der Waals surface area contributed by atoms with Gasteiger partial charge in [-0.05, 0) is 14.0 Å². The normalized spacial score (nSPS) is 16.7. The Kier molecular flexibility index (Phi) is 3.91. The van der Waals surface area contributed by atoms with Gasteiger partial charge in [-0.1, -0.05) is 11.6 Å². The van der Waals surface area contributed by atoms with Crippen molar-refractivity contribution in [2.45, 2.75) is 6.92 Å². The minimum atomic E-state index is -0.661. The first-order valence-corrected chi connectivity index (χ1v) is 6.36. The minimum absolute atomic E-state index is 0.0142. The molecule has 1 heterocycles. The van der Waals surface area contributed by atoms with E-state index in [0.717, 1.165) is 19.2 Å². The van der Waals surface area contributed by atoms with Crippen LogP contribution < -0.4 is 4.90 Å². The van der Waals surface area contributed by atoms with Crippen LogP contribution in [0.25, 0.3) is 0 Å². The SMILES string of the molecule is Cc1c(Cl)c([N+](=O)[O-])cc(F)c1N1CCN(C)CC1. The maximum absolute atomic E-state index is 14.1. The molecular weight excluding hydrogens is 273 g/mol. The third kappa shape index (κ3) is 2.64. The maximum Gasteiger partial charge on any atom is 0.291 e. The van der Waals surface area contributed by atoms with Gasteiger partial charge in [0, 0.05) is 31.7 Å². The van der Waals surface area contributed by atoms with Gasteiger partial charge in [-0.25, -0.2) is 4.39 Å². The molecule has 0 bridgehead atoms. The van der Waals surface area contributed by atoms with Gasteiger partial charge in [0.15, 0.2) is 5.82 Å². The van der Waals surface area contributed by atoms with Crippen molar-refractivity contribution in [2.24, 2.45) is 0 Å². The highest BCUT2D eigenvalue weighted by Gasteiger charge is 2.26. The van der Waals surface area contributed by atoms with E-state index in [1.165, 1.54) is 0 Å². The average molecular weight is 288 g/mol. The molecule has 0 unspecified atom stereocenters. The number of halogens is 2. The molecule has 0 saturated carbocycles. The highest BCUT2D eigenvalue weighted by Crippen LogP contribution is 2.37. The Balaban J connectivity index is 2.41. The quantitative estimate of drug-likeness (QED) is 0.619. The van der Waals surface area contributed by atoms with E-state index in [9.17, 15) is 14.5 Å². The summed E-state index contributed by atoms with van der Waals surface area (Å²) in [5.74, 6) is -0.585. The fourth-order valence-corrected chi connectivity index (χ4v) is 2.49. The van der Waals surface area contributed by atoms with Gasteiger partial charge in [0.1, 0.15) is 5.02 Å². The molecule has 1 saturated heterocycles. The van der Waals surface area contributed by atoms with Crippen LogP contribution in [0.3, 0.4) is 0 Å². The summed E-state index contributed by atoms with van der Waals surface area (Å²) in [7, 11) is 2.00. The first-order valence-electron chi connectivity index (χ1n) is 5.98. The van der Waals surface area contributed by atoms with Gasteiger partial charge in [0.05, 0.1) is 16.7 Å². The Morgan fingerprint density at radius 1 is 1.37 bits per heavy atom. The number of piperazine rings is 1. The molecule has 1 fully saturated rings. The van der Waals surface area contributed by atoms with Gasteiger partial charge < -0.3 is 9.80 Å². The van der Waals surface area contributed by atoms with Gasteiger partial charge in [0.25, 0.3) is 5.69 Å². The Labute approximate surface area is 115 Å². The molecule has 0 aromatic heterocycles. The summed E-state index contributed by atoms with van der Waals surface area (Å²) < 4.78 is 14.1. The topological polar surface area (TPSA) is 49.6 Å². The van der Waals surface area contributed by atoms with Crippen molar-refractivity contribution in [3.8, 4) is 0 Å². The zero-order valence-electron chi connectivity index (χ0n) is 10.8. The lowest BCUT2D eigenvalue weighted by Crippen LogP contribution is -2.45. The summed E-state index contributed by atoms with van der Waals surface area (Å²) in [5, 5.41) is 10.8. The second-order valence-corrected chi connectivity index (χ2v) is 5.09. The van der Waals surface area contributed by atoms with Crippen LogP contribution in [0, 0.1) is 22.9 Å². The first-order chi connectivity index (χ1) is 8.91. The highest BCUT2D eigenvalue weighted by atomic mass is 35.5. The van der Waals surface area contributed by atoms with Crippen LogP contribution in [-0.2, 0) is 0 Å². The molecule has 19 heavy (non-hydrogen) atoms. The highest BCUT2D eigenvalue weighted by molar-refractivity contribution is 6.33. The Morgan fingerprint density at radius 2 is 1.95 bits per heavy atom. The summed E-state index contributed by atoms with van der Waals surface area (Å²) in [6, 6.07) is 0.906. The Morgan fingerprint density at radius 3 is 2.47 bits per heavy atom. The number of rotatable bonds is 2. The summed E-state index contributed by atoms with van der Waals surface area (Å²) in [5.41, 5.74) is 0.427. The average Bonchev–Trinajstić information content (AvgIpc) is 2.36. The van der Waals surface area contributed by atoms with E-state index in [0.29, 0.717) is 24.3 Å². The molecule has 0 aliphatic carbocycles. The third-order valence-corrected chi connectivity index (χ3v) is 3.89. The number of hydrogen-bond donors (Lipinski definition) is 0. The predicted octanol–water partition coefficient (Wildman–Crippen LogP) is 2.45. The molecule has 2 rings (SSSR count). The molecular formula is C12H15ClFN3O2. The summed E-state index contributed by atoms with van der Waals surface area (Å²) in [6.07, 6.45) is 0. The zero-order chi connectivity index (χ0) is 14.2. The smallest absolute Gasteiger partial charge is 0.291 e. The minimum Gasteiger partial charge on any atom is -0.366 e. The van der Waals surface area contributed by atoms with Crippen LogP contribution >= 0.6 is 11.6 Å². The third-order valence-electron chi connectivity index (χ3n) is 3.42. The maximum atomic E-state index is 14.1. The van der Waals surface area contributed by atoms with Gasteiger partial charge in [-0.3, -0.25) is 10.1 Å². The molecule has 1 aliphatic rings. The Hall–Kier alpha value is -1.40. The molecule has 0 radical (unpaired) electrons. The van der Waals surface area contributed by atoms with Crippen LogP contribution in [-0.4, -0.2) is 43.0 Å². The van der Waals surface area contributed by atoms with E-state index in [-0.39, 0.29) is 10.7 Å². The summed E-state index contributed by atoms with van der Waals surface area (Å²) >= 11 is 5.97. The van der Waals surface area contributed by atoms with Crippen molar-refractivity contribution in [3.63, 3.8) is 0 Å². The summed E-state index contributed by atoms with van der Waals surface area (Å²) in [4.78, 5) is 14.2. The van der Waals surface area contributed by atoms with Crippen LogP contribution in [0.4, 0.5) is 15.8 Å². The van der Waals surface area contributed by atoms with E-state index in [4.69, 9.17) is 11.6 Å². The monoisotopic (exact) mass is 287 g/mol. The van der Waals surface area contributed by atoms with Crippen LogP contribution in [0.2, 0.25) is 5.02 Å². The molecule has 0 amide bonds. The molecule has 1 aliphatic heterocycles. The number of hydrogen-bond acceptors (Lipinski definition) is 4. The van der Waals surface area contributed by atoms with E-state index >= 15 is 0 Å². The molecule has 7 heteroatoms. The molecule has 0 atom stereocenters. The van der Waals surface area contributed by atoms with Crippen molar-refractivity contribution in [3.05, 3.63) is 32.6 Å². The lowest BCUT2D eigenvalue weighted by Gasteiger charge is -2.35. The molecule has 0 N–H and O–H groups in total. The lowest BCUT2D eigenvalue weighted by atomic mass is 10.1. The Bertz CT molecular complexity index is 516.